The molecule has 3 rings (SSSR count). The summed E-state index contributed by atoms with van der Waals surface area (Å²) in [6.45, 7) is 4.37. The van der Waals surface area contributed by atoms with Gasteiger partial charge in [-0.3, -0.25) is 4.79 Å². The zero-order valence-electron chi connectivity index (χ0n) is 19.5. The van der Waals surface area contributed by atoms with Crippen molar-refractivity contribution in [3.8, 4) is 5.75 Å². The highest BCUT2D eigenvalue weighted by Gasteiger charge is 2.28. The molecule has 0 aliphatic heterocycles. The minimum absolute atomic E-state index is 0.105. The van der Waals surface area contributed by atoms with Crippen molar-refractivity contribution < 1.29 is 22.3 Å². The Labute approximate surface area is 204 Å². The average Bonchev–Trinajstić information content (AvgIpc) is 3.23. The van der Waals surface area contributed by atoms with Gasteiger partial charge in [-0.15, -0.1) is 11.3 Å². The van der Waals surface area contributed by atoms with Crippen molar-refractivity contribution >= 4 is 27.3 Å². The van der Waals surface area contributed by atoms with Crippen LogP contribution < -0.4 is 4.74 Å². The molecule has 0 atom stereocenters. The standard InChI is InChI=1S/C25H29FN2O4S2/c1-4-14-28(34(30,31)23-11-9-22(32-3)10-12-23)18-25(29)27(17-24-19(2)13-15-33-24)16-20-5-7-21(26)8-6-20/h5-13,15H,4,14,16-18H2,1-3H3. The molecule has 0 N–H and O–H groups in total. The second-order valence-corrected chi connectivity index (χ2v) is 10.9. The minimum Gasteiger partial charge on any atom is -0.497 e. The van der Waals surface area contributed by atoms with E-state index < -0.39 is 10.0 Å². The number of methoxy groups -OCH3 is 1. The molecule has 6 nitrogen and oxygen atoms in total. The van der Waals surface area contributed by atoms with E-state index in [0.29, 0.717) is 18.7 Å². The Hall–Kier alpha value is -2.75. The van der Waals surface area contributed by atoms with Gasteiger partial charge in [0.1, 0.15) is 11.6 Å². The number of amides is 1. The van der Waals surface area contributed by atoms with E-state index in [2.05, 4.69) is 0 Å². The van der Waals surface area contributed by atoms with Crippen LogP contribution in [-0.4, -0.2) is 43.7 Å². The van der Waals surface area contributed by atoms with Gasteiger partial charge in [-0.2, -0.15) is 4.31 Å². The smallest absolute Gasteiger partial charge is 0.243 e. The summed E-state index contributed by atoms with van der Waals surface area (Å²) in [6.07, 6.45) is 0.560. The van der Waals surface area contributed by atoms with E-state index in [0.717, 1.165) is 16.0 Å². The molecular formula is C25H29FN2O4S2. The van der Waals surface area contributed by atoms with E-state index >= 15 is 0 Å². The highest BCUT2D eigenvalue weighted by molar-refractivity contribution is 7.89. The quantitative estimate of drug-likeness (QED) is 0.375. The Morgan fingerprint density at radius 2 is 1.71 bits per heavy atom. The number of halogens is 1. The SMILES string of the molecule is CCCN(CC(=O)N(Cc1ccc(F)cc1)Cc1sccc1C)S(=O)(=O)c1ccc(OC)cc1. The second kappa shape index (κ2) is 11.6. The van der Waals surface area contributed by atoms with Crippen LogP contribution in [0.15, 0.2) is 64.9 Å². The lowest BCUT2D eigenvalue weighted by molar-refractivity contribution is -0.132. The number of sulfonamides is 1. The summed E-state index contributed by atoms with van der Waals surface area (Å²) in [5.74, 6) is -0.119. The van der Waals surface area contributed by atoms with Crippen molar-refractivity contribution in [2.45, 2.75) is 38.3 Å². The van der Waals surface area contributed by atoms with Crippen molar-refractivity contribution in [1.29, 1.82) is 0 Å². The molecule has 182 valence electrons. The molecule has 0 radical (unpaired) electrons. The van der Waals surface area contributed by atoms with Gasteiger partial charge in [0, 0.05) is 18.0 Å². The van der Waals surface area contributed by atoms with Gasteiger partial charge in [-0.25, -0.2) is 12.8 Å². The molecule has 2 aromatic carbocycles. The lowest BCUT2D eigenvalue weighted by Gasteiger charge is -2.27. The van der Waals surface area contributed by atoms with Crippen LogP contribution in [0.4, 0.5) is 4.39 Å². The predicted octanol–water partition coefficient (Wildman–Crippen LogP) is 4.83. The summed E-state index contributed by atoms with van der Waals surface area (Å²) in [4.78, 5) is 16.2. The third kappa shape index (κ3) is 6.43. The fourth-order valence-corrected chi connectivity index (χ4v) is 5.87. The minimum atomic E-state index is -3.88. The number of carbonyl (C=O) groups is 1. The maximum Gasteiger partial charge on any atom is 0.243 e. The van der Waals surface area contributed by atoms with Gasteiger partial charge in [0.05, 0.1) is 25.1 Å². The lowest BCUT2D eigenvalue weighted by Crippen LogP contribution is -2.42. The maximum atomic E-state index is 13.4. The molecule has 1 aromatic heterocycles. The molecule has 0 spiro atoms. The lowest BCUT2D eigenvalue weighted by atomic mass is 10.2. The molecule has 1 amide bonds. The Bertz CT molecular complexity index is 1190. The van der Waals surface area contributed by atoms with Crippen LogP contribution in [0.1, 0.15) is 29.3 Å². The van der Waals surface area contributed by atoms with Crippen LogP contribution in [-0.2, 0) is 27.9 Å². The second-order valence-electron chi connectivity index (χ2n) is 7.92. The number of aryl methyl sites for hydroxylation is 1. The van der Waals surface area contributed by atoms with Gasteiger partial charge in [0.25, 0.3) is 0 Å². The summed E-state index contributed by atoms with van der Waals surface area (Å²) in [7, 11) is -2.37. The summed E-state index contributed by atoms with van der Waals surface area (Å²) in [5.41, 5.74) is 1.84. The van der Waals surface area contributed by atoms with Crippen LogP contribution >= 0.6 is 11.3 Å². The molecule has 0 unspecified atom stereocenters. The first kappa shape index (κ1) is 25.9. The van der Waals surface area contributed by atoms with E-state index in [9.17, 15) is 17.6 Å². The molecule has 0 fully saturated rings. The Morgan fingerprint density at radius 1 is 1.03 bits per heavy atom. The summed E-state index contributed by atoms with van der Waals surface area (Å²) in [5, 5.41) is 1.96. The first-order chi connectivity index (χ1) is 16.2. The number of nitrogens with zero attached hydrogens (tertiary/aromatic N) is 2. The van der Waals surface area contributed by atoms with Crippen LogP contribution in [0.3, 0.4) is 0 Å². The third-order valence-electron chi connectivity index (χ3n) is 5.42. The molecule has 0 saturated heterocycles. The molecule has 0 aliphatic carbocycles. The van der Waals surface area contributed by atoms with Gasteiger partial charge in [-0.1, -0.05) is 19.1 Å². The Morgan fingerprint density at radius 3 is 2.26 bits per heavy atom. The topological polar surface area (TPSA) is 66.9 Å². The monoisotopic (exact) mass is 504 g/mol. The summed E-state index contributed by atoms with van der Waals surface area (Å²) in [6, 6.07) is 14.1. The number of benzene rings is 2. The van der Waals surface area contributed by atoms with Gasteiger partial charge in [0.2, 0.25) is 15.9 Å². The number of rotatable bonds is 11. The average molecular weight is 505 g/mol. The van der Waals surface area contributed by atoms with Crippen molar-refractivity contribution in [3.05, 3.63) is 81.8 Å². The van der Waals surface area contributed by atoms with Crippen molar-refractivity contribution in [2.24, 2.45) is 0 Å². The fourth-order valence-electron chi connectivity index (χ4n) is 3.46. The molecule has 0 aliphatic rings. The molecular weight excluding hydrogens is 475 g/mol. The molecule has 0 saturated carbocycles. The fraction of sp³-hybridized carbons (Fsp3) is 0.320. The van der Waals surface area contributed by atoms with Crippen LogP contribution in [0, 0.1) is 12.7 Å². The normalized spacial score (nSPS) is 11.6. The molecule has 9 heteroatoms. The highest BCUT2D eigenvalue weighted by Crippen LogP contribution is 2.22. The van der Waals surface area contributed by atoms with Gasteiger partial charge in [-0.05, 0) is 72.3 Å². The van der Waals surface area contributed by atoms with Gasteiger partial charge < -0.3 is 9.64 Å². The highest BCUT2D eigenvalue weighted by atomic mass is 32.2. The van der Waals surface area contributed by atoms with E-state index in [-0.39, 0.29) is 36.3 Å². The van der Waals surface area contributed by atoms with Crippen molar-refractivity contribution in [1.82, 2.24) is 9.21 Å². The van der Waals surface area contributed by atoms with E-state index in [4.69, 9.17) is 4.74 Å². The van der Waals surface area contributed by atoms with E-state index in [1.54, 1.807) is 40.5 Å². The van der Waals surface area contributed by atoms with Crippen LogP contribution in [0.2, 0.25) is 0 Å². The summed E-state index contributed by atoms with van der Waals surface area (Å²) >= 11 is 1.55. The molecule has 0 bridgehead atoms. The van der Waals surface area contributed by atoms with E-state index in [1.165, 1.54) is 35.7 Å². The molecule has 1 heterocycles. The van der Waals surface area contributed by atoms with Crippen molar-refractivity contribution in [3.63, 3.8) is 0 Å². The van der Waals surface area contributed by atoms with Crippen LogP contribution in [0.25, 0.3) is 0 Å². The Kier molecular flexibility index (Phi) is 8.82. The number of ether oxygens (including phenoxy) is 1. The molecule has 34 heavy (non-hydrogen) atoms. The third-order valence-corrected chi connectivity index (χ3v) is 8.29. The Balaban J connectivity index is 1.86. The predicted molar refractivity (Wildman–Crippen MR) is 132 cm³/mol. The summed E-state index contributed by atoms with van der Waals surface area (Å²) < 4.78 is 46.4. The number of thiophene rings is 1. The zero-order chi connectivity index (χ0) is 24.7. The first-order valence-electron chi connectivity index (χ1n) is 10.9. The number of hydrogen-bond acceptors (Lipinski definition) is 5. The largest absolute Gasteiger partial charge is 0.497 e. The van der Waals surface area contributed by atoms with Gasteiger partial charge in [0.15, 0.2) is 0 Å². The zero-order valence-corrected chi connectivity index (χ0v) is 21.2. The first-order valence-corrected chi connectivity index (χ1v) is 13.3. The number of hydrogen-bond donors (Lipinski definition) is 0. The molecule has 3 aromatic rings. The maximum absolute atomic E-state index is 13.4. The van der Waals surface area contributed by atoms with Crippen molar-refractivity contribution in [2.75, 3.05) is 20.2 Å². The van der Waals surface area contributed by atoms with Crippen LogP contribution in [0.5, 0.6) is 5.75 Å². The van der Waals surface area contributed by atoms with E-state index in [1.807, 2.05) is 25.3 Å². The van der Waals surface area contributed by atoms with Gasteiger partial charge >= 0.3 is 0 Å². The number of carbonyl (C=O) groups excluding carboxylic acids is 1.